The van der Waals surface area contributed by atoms with Crippen LogP contribution in [-0.4, -0.2) is 18.7 Å². The van der Waals surface area contributed by atoms with Gasteiger partial charge < -0.3 is 9.47 Å². The standard InChI is InChI=1S/C12H14O3/c1-9(13)15-11-7-12(14-8-11)10-5-3-2-4-6-10/h2-6,11-12H,7-8H2,1H3/t11-,12+/m0/s1. The highest BCUT2D eigenvalue weighted by Gasteiger charge is 2.28. The van der Waals surface area contributed by atoms with E-state index in [9.17, 15) is 4.79 Å². The molecule has 0 radical (unpaired) electrons. The second-order valence-electron chi connectivity index (χ2n) is 3.70. The summed E-state index contributed by atoms with van der Waals surface area (Å²) in [6, 6.07) is 10.00. The van der Waals surface area contributed by atoms with Crippen LogP contribution >= 0.6 is 0 Å². The molecule has 2 atom stereocenters. The minimum Gasteiger partial charge on any atom is -0.460 e. The highest BCUT2D eigenvalue weighted by molar-refractivity contribution is 5.66. The fourth-order valence-corrected chi connectivity index (χ4v) is 1.82. The Morgan fingerprint density at radius 2 is 2.13 bits per heavy atom. The van der Waals surface area contributed by atoms with Crippen molar-refractivity contribution >= 4 is 5.97 Å². The number of hydrogen-bond acceptors (Lipinski definition) is 3. The maximum atomic E-state index is 10.8. The quantitative estimate of drug-likeness (QED) is 0.695. The fraction of sp³-hybridized carbons (Fsp3) is 0.417. The van der Waals surface area contributed by atoms with Crippen LogP contribution in [0.4, 0.5) is 0 Å². The minimum atomic E-state index is -0.239. The average molecular weight is 206 g/mol. The van der Waals surface area contributed by atoms with Crippen LogP contribution in [0.5, 0.6) is 0 Å². The summed E-state index contributed by atoms with van der Waals surface area (Å²) in [7, 11) is 0. The second-order valence-corrected chi connectivity index (χ2v) is 3.70. The van der Waals surface area contributed by atoms with Crippen molar-refractivity contribution < 1.29 is 14.3 Å². The predicted molar refractivity (Wildman–Crippen MR) is 55.3 cm³/mol. The maximum Gasteiger partial charge on any atom is 0.302 e. The van der Waals surface area contributed by atoms with Crippen molar-refractivity contribution in [2.75, 3.05) is 6.61 Å². The van der Waals surface area contributed by atoms with E-state index in [0.29, 0.717) is 6.61 Å². The Bertz CT molecular complexity index is 334. The van der Waals surface area contributed by atoms with E-state index < -0.39 is 0 Å². The van der Waals surface area contributed by atoms with Crippen LogP contribution in [0.3, 0.4) is 0 Å². The van der Waals surface area contributed by atoms with Gasteiger partial charge in [-0.05, 0) is 5.56 Å². The summed E-state index contributed by atoms with van der Waals surface area (Å²) in [5.41, 5.74) is 1.15. The van der Waals surface area contributed by atoms with Gasteiger partial charge in [-0.1, -0.05) is 30.3 Å². The fourth-order valence-electron chi connectivity index (χ4n) is 1.82. The molecule has 2 rings (SSSR count). The van der Waals surface area contributed by atoms with Crippen LogP contribution in [0.2, 0.25) is 0 Å². The number of rotatable bonds is 2. The molecule has 3 heteroatoms. The third-order valence-corrected chi connectivity index (χ3v) is 2.46. The highest BCUT2D eigenvalue weighted by Crippen LogP contribution is 2.29. The van der Waals surface area contributed by atoms with E-state index in [1.807, 2.05) is 30.3 Å². The Kier molecular flexibility index (Phi) is 3.02. The van der Waals surface area contributed by atoms with Gasteiger partial charge in [0.25, 0.3) is 0 Å². The van der Waals surface area contributed by atoms with Gasteiger partial charge in [-0.2, -0.15) is 0 Å². The van der Waals surface area contributed by atoms with E-state index in [0.717, 1.165) is 12.0 Å². The zero-order valence-corrected chi connectivity index (χ0v) is 8.68. The molecule has 15 heavy (non-hydrogen) atoms. The lowest BCUT2D eigenvalue weighted by Crippen LogP contribution is -2.15. The lowest BCUT2D eigenvalue weighted by atomic mass is 10.1. The first-order valence-corrected chi connectivity index (χ1v) is 5.09. The first-order valence-electron chi connectivity index (χ1n) is 5.09. The highest BCUT2D eigenvalue weighted by atomic mass is 16.6. The van der Waals surface area contributed by atoms with Gasteiger partial charge in [0.05, 0.1) is 12.7 Å². The van der Waals surface area contributed by atoms with E-state index in [4.69, 9.17) is 9.47 Å². The number of benzene rings is 1. The van der Waals surface area contributed by atoms with Crippen molar-refractivity contribution in [1.29, 1.82) is 0 Å². The Hall–Kier alpha value is -1.35. The molecular weight excluding hydrogens is 192 g/mol. The normalized spacial score (nSPS) is 25.1. The second kappa shape index (κ2) is 4.45. The molecule has 0 aromatic heterocycles. The molecule has 1 aliphatic heterocycles. The zero-order valence-electron chi connectivity index (χ0n) is 8.68. The summed E-state index contributed by atoms with van der Waals surface area (Å²) >= 11 is 0. The Balaban J connectivity index is 1.96. The van der Waals surface area contributed by atoms with E-state index in [1.165, 1.54) is 6.92 Å². The maximum absolute atomic E-state index is 10.8. The van der Waals surface area contributed by atoms with Crippen molar-refractivity contribution in [3.8, 4) is 0 Å². The zero-order chi connectivity index (χ0) is 10.7. The largest absolute Gasteiger partial charge is 0.460 e. The van der Waals surface area contributed by atoms with E-state index in [-0.39, 0.29) is 18.2 Å². The van der Waals surface area contributed by atoms with Gasteiger partial charge in [0.15, 0.2) is 0 Å². The molecular formula is C12H14O3. The average Bonchev–Trinajstić information content (AvgIpc) is 2.67. The van der Waals surface area contributed by atoms with Gasteiger partial charge >= 0.3 is 5.97 Å². The SMILES string of the molecule is CC(=O)O[C@@H]1CO[C@@H](c2ccccc2)C1. The molecule has 80 valence electrons. The van der Waals surface area contributed by atoms with Crippen LogP contribution in [0.15, 0.2) is 30.3 Å². The van der Waals surface area contributed by atoms with Gasteiger partial charge in [-0.15, -0.1) is 0 Å². The van der Waals surface area contributed by atoms with Crippen molar-refractivity contribution in [2.45, 2.75) is 25.6 Å². The smallest absolute Gasteiger partial charge is 0.302 e. The molecule has 0 spiro atoms. The third kappa shape index (κ3) is 2.57. The van der Waals surface area contributed by atoms with Crippen LogP contribution in [0.1, 0.15) is 25.0 Å². The molecule has 0 unspecified atom stereocenters. The van der Waals surface area contributed by atoms with Crippen molar-refractivity contribution in [2.24, 2.45) is 0 Å². The number of esters is 1. The lowest BCUT2D eigenvalue weighted by Gasteiger charge is -2.09. The van der Waals surface area contributed by atoms with Crippen molar-refractivity contribution in [1.82, 2.24) is 0 Å². The molecule has 3 nitrogen and oxygen atoms in total. The van der Waals surface area contributed by atoms with Gasteiger partial charge in [0, 0.05) is 13.3 Å². The van der Waals surface area contributed by atoms with E-state index in [1.54, 1.807) is 0 Å². The summed E-state index contributed by atoms with van der Waals surface area (Å²) in [4.78, 5) is 10.8. The lowest BCUT2D eigenvalue weighted by molar-refractivity contribution is -0.146. The summed E-state index contributed by atoms with van der Waals surface area (Å²) in [5.74, 6) is -0.239. The van der Waals surface area contributed by atoms with Gasteiger partial charge in [0.2, 0.25) is 0 Å². The number of carbonyl (C=O) groups is 1. The van der Waals surface area contributed by atoms with E-state index >= 15 is 0 Å². The summed E-state index contributed by atoms with van der Waals surface area (Å²) in [6.07, 6.45) is 0.729. The Morgan fingerprint density at radius 3 is 2.80 bits per heavy atom. The summed E-state index contributed by atoms with van der Waals surface area (Å²) < 4.78 is 10.7. The van der Waals surface area contributed by atoms with Crippen LogP contribution < -0.4 is 0 Å². The number of hydrogen-bond donors (Lipinski definition) is 0. The van der Waals surface area contributed by atoms with Crippen molar-refractivity contribution in [3.63, 3.8) is 0 Å². The molecule has 0 amide bonds. The minimum absolute atomic E-state index is 0.0653. The Morgan fingerprint density at radius 1 is 1.40 bits per heavy atom. The van der Waals surface area contributed by atoms with Crippen LogP contribution in [0, 0.1) is 0 Å². The molecule has 1 aromatic rings. The molecule has 0 aliphatic carbocycles. The predicted octanol–water partition coefficient (Wildman–Crippen LogP) is 2.08. The molecule has 1 fully saturated rings. The molecule has 0 saturated carbocycles. The van der Waals surface area contributed by atoms with Crippen LogP contribution in [-0.2, 0) is 14.3 Å². The molecule has 1 heterocycles. The molecule has 0 N–H and O–H groups in total. The first kappa shape index (κ1) is 10.2. The summed E-state index contributed by atoms with van der Waals surface area (Å²) in [6.45, 7) is 1.93. The van der Waals surface area contributed by atoms with Gasteiger partial charge in [-0.25, -0.2) is 0 Å². The van der Waals surface area contributed by atoms with Crippen molar-refractivity contribution in [3.05, 3.63) is 35.9 Å². The monoisotopic (exact) mass is 206 g/mol. The van der Waals surface area contributed by atoms with Gasteiger partial charge in [-0.3, -0.25) is 4.79 Å². The molecule has 0 bridgehead atoms. The number of carbonyl (C=O) groups excluding carboxylic acids is 1. The molecule has 1 aromatic carbocycles. The third-order valence-electron chi connectivity index (χ3n) is 2.46. The topological polar surface area (TPSA) is 35.5 Å². The first-order chi connectivity index (χ1) is 7.25. The molecule has 1 aliphatic rings. The van der Waals surface area contributed by atoms with Gasteiger partial charge in [0.1, 0.15) is 6.10 Å². The van der Waals surface area contributed by atoms with E-state index in [2.05, 4.69) is 0 Å². The number of ether oxygens (including phenoxy) is 2. The summed E-state index contributed by atoms with van der Waals surface area (Å²) in [5, 5.41) is 0. The van der Waals surface area contributed by atoms with Crippen LogP contribution in [0.25, 0.3) is 0 Å². The Labute approximate surface area is 89.0 Å². The molecule has 1 saturated heterocycles.